The lowest BCUT2D eigenvalue weighted by Gasteiger charge is -2.46. The number of hydrogen-bond acceptors (Lipinski definition) is 5. The molecule has 1 atom stereocenters. The van der Waals surface area contributed by atoms with E-state index in [1.165, 1.54) is 31.4 Å². The van der Waals surface area contributed by atoms with Crippen LogP contribution in [0.4, 0.5) is 0 Å². The molecule has 0 amide bonds. The Bertz CT molecular complexity index is 953. The lowest BCUT2D eigenvalue weighted by atomic mass is 9.67. The van der Waals surface area contributed by atoms with Gasteiger partial charge in [-0.1, -0.05) is 25.3 Å². The molecule has 1 spiro atoms. The van der Waals surface area contributed by atoms with Gasteiger partial charge in [0.15, 0.2) is 5.69 Å². The van der Waals surface area contributed by atoms with Gasteiger partial charge >= 0.3 is 0 Å². The van der Waals surface area contributed by atoms with Crippen LogP contribution in [-0.2, 0) is 16.6 Å². The molecular formula is C25H28N4O. The molecule has 3 heterocycles. The van der Waals surface area contributed by atoms with Gasteiger partial charge in [0.2, 0.25) is 0 Å². The van der Waals surface area contributed by atoms with E-state index in [-0.39, 0.29) is 16.7 Å². The van der Waals surface area contributed by atoms with Crippen molar-refractivity contribution in [2.75, 3.05) is 6.61 Å². The van der Waals surface area contributed by atoms with Gasteiger partial charge in [0.25, 0.3) is 0 Å². The SMILES string of the molecule is N#Cc1cc(CCCCC2(c3ccccn3)CCOC3(CCCC3)C2)cnc1C#N. The van der Waals surface area contributed by atoms with E-state index in [0.29, 0.717) is 5.56 Å². The van der Waals surface area contributed by atoms with Gasteiger partial charge in [0.05, 0.1) is 11.2 Å². The molecule has 1 saturated carbocycles. The zero-order valence-electron chi connectivity index (χ0n) is 17.4. The summed E-state index contributed by atoms with van der Waals surface area (Å²) in [5.74, 6) is 0. The van der Waals surface area contributed by atoms with Gasteiger partial charge in [-0.25, -0.2) is 4.98 Å². The van der Waals surface area contributed by atoms with E-state index >= 15 is 0 Å². The smallest absolute Gasteiger partial charge is 0.158 e. The topological polar surface area (TPSA) is 82.6 Å². The molecule has 2 fully saturated rings. The van der Waals surface area contributed by atoms with Crippen LogP contribution in [0.2, 0.25) is 0 Å². The van der Waals surface area contributed by atoms with Crippen LogP contribution in [-0.4, -0.2) is 22.2 Å². The number of aromatic nitrogens is 2. The Balaban J connectivity index is 1.45. The summed E-state index contributed by atoms with van der Waals surface area (Å²) < 4.78 is 6.33. The van der Waals surface area contributed by atoms with Gasteiger partial charge in [-0.05, 0) is 68.7 Å². The quantitative estimate of drug-likeness (QED) is 0.638. The van der Waals surface area contributed by atoms with Gasteiger partial charge in [0, 0.05) is 30.1 Å². The summed E-state index contributed by atoms with van der Waals surface area (Å²) >= 11 is 0. The highest BCUT2D eigenvalue weighted by atomic mass is 16.5. The Morgan fingerprint density at radius 2 is 1.90 bits per heavy atom. The summed E-state index contributed by atoms with van der Waals surface area (Å²) in [5, 5.41) is 18.3. The second-order valence-electron chi connectivity index (χ2n) is 8.83. The summed E-state index contributed by atoms with van der Waals surface area (Å²) in [6.45, 7) is 0.821. The molecule has 1 saturated heterocycles. The molecule has 1 unspecified atom stereocenters. The number of aryl methyl sites for hydroxylation is 1. The normalized spacial score (nSPS) is 22.5. The van der Waals surface area contributed by atoms with E-state index in [1.807, 2.05) is 24.4 Å². The van der Waals surface area contributed by atoms with E-state index < -0.39 is 0 Å². The molecule has 0 aromatic carbocycles. The second-order valence-corrected chi connectivity index (χ2v) is 8.83. The van der Waals surface area contributed by atoms with Crippen molar-refractivity contribution in [2.24, 2.45) is 0 Å². The molecule has 154 valence electrons. The first kappa shape index (κ1) is 20.5. The molecule has 4 rings (SSSR count). The largest absolute Gasteiger partial charge is 0.375 e. The Kier molecular flexibility index (Phi) is 6.11. The zero-order valence-corrected chi connectivity index (χ0v) is 17.4. The highest BCUT2D eigenvalue weighted by Crippen LogP contribution is 2.50. The van der Waals surface area contributed by atoms with Crippen LogP contribution in [0.15, 0.2) is 36.7 Å². The van der Waals surface area contributed by atoms with Gasteiger partial charge in [0.1, 0.15) is 12.1 Å². The average Bonchev–Trinajstić information content (AvgIpc) is 3.24. The van der Waals surface area contributed by atoms with Gasteiger partial charge < -0.3 is 4.74 Å². The van der Waals surface area contributed by atoms with Crippen molar-refractivity contribution in [2.45, 2.75) is 75.2 Å². The fraction of sp³-hybridized carbons (Fsp3) is 0.520. The van der Waals surface area contributed by atoms with Crippen LogP contribution < -0.4 is 0 Å². The molecule has 0 N–H and O–H groups in total. The molecular weight excluding hydrogens is 372 g/mol. The van der Waals surface area contributed by atoms with E-state index in [9.17, 15) is 5.26 Å². The van der Waals surface area contributed by atoms with Gasteiger partial charge in [-0.2, -0.15) is 10.5 Å². The minimum Gasteiger partial charge on any atom is -0.375 e. The molecule has 0 bridgehead atoms. The maximum Gasteiger partial charge on any atom is 0.158 e. The van der Waals surface area contributed by atoms with Crippen molar-refractivity contribution >= 4 is 0 Å². The summed E-state index contributed by atoms with van der Waals surface area (Å²) in [4.78, 5) is 8.91. The van der Waals surface area contributed by atoms with E-state index in [1.54, 1.807) is 6.20 Å². The number of ether oxygens (including phenoxy) is 1. The van der Waals surface area contributed by atoms with Gasteiger partial charge in [-0.3, -0.25) is 4.98 Å². The van der Waals surface area contributed by atoms with Crippen molar-refractivity contribution in [1.29, 1.82) is 10.5 Å². The van der Waals surface area contributed by atoms with Crippen molar-refractivity contribution in [3.63, 3.8) is 0 Å². The Morgan fingerprint density at radius 1 is 1.03 bits per heavy atom. The summed E-state index contributed by atoms with van der Waals surface area (Å²) in [7, 11) is 0. The highest BCUT2D eigenvalue weighted by molar-refractivity contribution is 5.42. The van der Waals surface area contributed by atoms with Crippen LogP contribution in [0.3, 0.4) is 0 Å². The minimum atomic E-state index is 0.0501. The molecule has 2 aliphatic rings. The highest BCUT2D eigenvalue weighted by Gasteiger charge is 2.48. The number of rotatable bonds is 6. The third kappa shape index (κ3) is 4.23. The molecule has 0 radical (unpaired) electrons. The molecule has 2 aromatic rings. The van der Waals surface area contributed by atoms with Crippen LogP contribution in [0.25, 0.3) is 0 Å². The maximum absolute atomic E-state index is 9.22. The molecule has 30 heavy (non-hydrogen) atoms. The lowest BCUT2D eigenvalue weighted by Crippen LogP contribution is -2.46. The van der Waals surface area contributed by atoms with E-state index in [0.717, 1.165) is 50.7 Å². The maximum atomic E-state index is 9.22. The zero-order chi connectivity index (χ0) is 20.9. The number of unbranched alkanes of at least 4 members (excludes halogenated alkanes) is 1. The molecule has 5 nitrogen and oxygen atoms in total. The predicted octanol–water partition coefficient (Wildman–Crippen LogP) is 4.99. The first-order valence-corrected chi connectivity index (χ1v) is 11.0. The van der Waals surface area contributed by atoms with E-state index in [4.69, 9.17) is 15.0 Å². The van der Waals surface area contributed by atoms with Crippen molar-refractivity contribution in [3.8, 4) is 12.1 Å². The van der Waals surface area contributed by atoms with Crippen LogP contribution >= 0.6 is 0 Å². The lowest BCUT2D eigenvalue weighted by molar-refractivity contribution is -0.104. The third-order valence-corrected chi connectivity index (χ3v) is 6.91. The first-order chi connectivity index (χ1) is 14.7. The predicted molar refractivity (Wildman–Crippen MR) is 114 cm³/mol. The molecule has 1 aliphatic carbocycles. The van der Waals surface area contributed by atoms with Crippen LogP contribution in [0, 0.1) is 22.7 Å². The summed E-state index contributed by atoms with van der Waals surface area (Å²) in [5.41, 5.74) is 2.95. The van der Waals surface area contributed by atoms with Crippen molar-refractivity contribution in [3.05, 3.63) is 59.2 Å². The fourth-order valence-electron chi connectivity index (χ4n) is 5.41. The fourth-order valence-corrected chi connectivity index (χ4v) is 5.41. The Hall–Kier alpha value is -2.76. The Labute approximate surface area is 178 Å². The Morgan fingerprint density at radius 3 is 2.63 bits per heavy atom. The van der Waals surface area contributed by atoms with Gasteiger partial charge in [-0.15, -0.1) is 0 Å². The number of nitrogens with zero attached hydrogens (tertiary/aromatic N) is 4. The monoisotopic (exact) mass is 400 g/mol. The number of hydrogen-bond donors (Lipinski definition) is 0. The van der Waals surface area contributed by atoms with Crippen molar-refractivity contribution in [1.82, 2.24) is 9.97 Å². The third-order valence-electron chi connectivity index (χ3n) is 6.91. The van der Waals surface area contributed by atoms with Crippen molar-refractivity contribution < 1.29 is 4.74 Å². The second kappa shape index (κ2) is 8.94. The molecule has 5 heteroatoms. The van der Waals surface area contributed by atoms with Crippen LogP contribution in [0.5, 0.6) is 0 Å². The standard InChI is InChI=1S/C25H28N4O/c26-16-21-15-20(18-29-22(21)17-27)7-1-3-9-24(23-8-2-6-13-28-23)12-14-30-25(19-24)10-4-5-11-25/h2,6,8,13,15,18H,1,3-5,7,9-12,14,19H2. The van der Waals surface area contributed by atoms with Crippen LogP contribution in [0.1, 0.15) is 80.3 Å². The molecule has 2 aromatic heterocycles. The minimum absolute atomic E-state index is 0.0501. The number of pyridine rings is 2. The average molecular weight is 401 g/mol. The summed E-state index contributed by atoms with van der Waals surface area (Å²) in [6, 6.07) is 12.2. The molecule has 1 aliphatic heterocycles. The first-order valence-electron chi connectivity index (χ1n) is 11.0. The number of nitriles is 2. The summed E-state index contributed by atoms with van der Waals surface area (Å²) in [6.07, 6.45) is 14.7. The van der Waals surface area contributed by atoms with E-state index in [2.05, 4.69) is 23.2 Å².